The second-order valence-corrected chi connectivity index (χ2v) is 4.74. The number of nitrogens with one attached hydrogen (secondary N) is 1. The summed E-state index contributed by atoms with van der Waals surface area (Å²) in [5.41, 5.74) is 7.92. The number of nitrogens with two attached hydrogens (primary N) is 1. The predicted octanol–water partition coefficient (Wildman–Crippen LogP) is 3.13. The van der Waals surface area contributed by atoms with Gasteiger partial charge in [-0.05, 0) is 24.5 Å². The van der Waals surface area contributed by atoms with E-state index < -0.39 is 0 Å². The summed E-state index contributed by atoms with van der Waals surface area (Å²) in [4.78, 5) is 0. The maximum Gasteiger partial charge on any atom is 0.101 e. The van der Waals surface area contributed by atoms with Gasteiger partial charge < -0.3 is 11.1 Å². The van der Waals surface area contributed by atoms with Crippen molar-refractivity contribution < 1.29 is 0 Å². The van der Waals surface area contributed by atoms with Gasteiger partial charge in [-0.2, -0.15) is 5.26 Å². The molecule has 0 aliphatic heterocycles. The van der Waals surface area contributed by atoms with E-state index in [0.29, 0.717) is 11.3 Å². The Hall–Kier alpha value is -1.69. The van der Waals surface area contributed by atoms with E-state index in [0.717, 1.165) is 18.2 Å². The molecule has 0 aromatic heterocycles. The van der Waals surface area contributed by atoms with Gasteiger partial charge in [-0.25, -0.2) is 0 Å². The largest absolute Gasteiger partial charge is 0.396 e. The molecule has 0 heterocycles. The van der Waals surface area contributed by atoms with Crippen LogP contribution in [0.2, 0.25) is 0 Å². The maximum absolute atomic E-state index is 8.88. The van der Waals surface area contributed by atoms with Gasteiger partial charge in [-0.3, -0.25) is 0 Å². The van der Waals surface area contributed by atoms with Gasteiger partial charge in [0.25, 0.3) is 0 Å². The Kier molecular flexibility index (Phi) is 3.87. The summed E-state index contributed by atoms with van der Waals surface area (Å²) in [6.07, 6.45) is 6.72. The third-order valence-corrected chi connectivity index (χ3v) is 3.57. The fraction of sp³-hybridized carbons (Fsp3) is 0.500. The predicted molar refractivity (Wildman–Crippen MR) is 70.6 cm³/mol. The molecule has 3 nitrogen and oxygen atoms in total. The van der Waals surface area contributed by atoms with Crippen LogP contribution in [0.3, 0.4) is 0 Å². The topological polar surface area (TPSA) is 61.8 Å². The standard InChI is InChI=1S/C14H19N3/c15-10-12-6-3-7-13(14(12)16)17-9-8-11-4-1-2-5-11/h3,6-7,11,17H,1-2,4-5,8-9,16H2. The van der Waals surface area contributed by atoms with Crippen molar-refractivity contribution in [3.8, 4) is 6.07 Å². The third kappa shape index (κ3) is 2.91. The second-order valence-electron chi connectivity index (χ2n) is 4.74. The first kappa shape index (κ1) is 11.8. The zero-order valence-corrected chi connectivity index (χ0v) is 10.1. The minimum absolute atomic E-state index is 0.552. The van der Waals surface area contributed by atoms with Crippen molar-refractivity contribution in [3.05, 3.63) is 23.8 Å². The lowest BCUT2D eigenvalue weighted by atomic mass is 10.0. The molecule has 17 heavy (non-hydrogen) atoms. The van der Waals surface area contributed by atoms with Crippen molar-refractivity contribution in [2.45, 2.75) is 32.1 Å². The molecular weight excluding hydrogens is 210 g/mol. The van der Waals surface area contributed by atoms with Gasteiger partial charge in [-0.1, -0.05) is 31.7 Å². The molecule has 1 aromatic carbocycles. The van der Waals surface area contributed by atoms with Crippen LogP contribution >= 0.6 is 0 Å². The zero-order valence-electron chi connectivity index (χ0n) is 10.1. The molecule has 1 aliphatic carbocycles. The number of rotatable bonds is 4. The molecule has 90 valence electrons. The lowest BCUT2D eigenvalue weighted by Crippen LogP contribution is -2.08. The summed E-state index contributed by atoms with van der Waals surface area (Å²) in [5, 5.41) is 12.2. The van der Waals surface area contributed by atoms with Crippen LogP contribution in [0.15, 0.2) is 18.2 Å². The molecule has 0 unspecified atom stereocenters. The Morgan fingerprint density at radius 3 is 2.82 bits per heavy atom. The number of anilines is 2. The summed E-state index contributed by atoms with van der Waals surface area (Å²) in [6.45, 7) is 0.948. The molecule has 0 saturated heterocycles. The minimum Gasteiger partial charge on any atom is -0.396 e. The SMILES string of the molecule is N#Cc1cccc(NCCC2CCCC2)c1N. The molecule has 0 amide bonds. The van der Waals surface area contributed by atoms with Crippen molar-refractivity contribution in [3.63, 3.8) is 0 Å². The first-order valence-corrected chi connectivity index (χ1v) is 6.33. The highest BCUT2D eigenvalue weighted by Gasteiger charge is 2.14. The van der Waals surface area contributed by atoms with E-state index in [2.05, 4.69) is 11.4 Å². The van der Waals surface area contributed by atoms with Crippen molar-refractivity contribution in [1.82, 2.24) is 0 Å². The molecule has 2 rings (SSSR count). The van der Waals surface area contributed by atoms with Crippen LogP contribution in [-0.2, 0) is 0 Å². The molecule has 1 aliphatic rings. The van der Waals surface area contributed by atoms with Crippen molar-refractivity contribution >= 4 is 11.4 Å². The van der Waals surface area contributed by atoms with Gasteiger partial charge in [0.15, 0.2) is 0 Å². The summed E-state index contributed by atoms with van der Waals surface area (Å²) in [5.74, 6) is 0.878. The van der Waals surface area contributed by atoms with E-state index in [1.807, 2.05) is 12.1 Å². The molecule has 1 aromatic rings. The molecule has 3 N–H and O–H groups in total. The number of hydrogen-bond acceptors (Lipinski definition) is 3. The highest BCUT2D eigenvalue weighted by atomic mass is 14.9. The first-order valence-electron chi connectivity index (χ1n) is 6.33. The Balaban J connectivity index is 1.88. The second kappa shape index (κ2) is 5.58. The van der Waals surface area contributed by atoms with Crippen LogP contribution in [0, 0.1) is 17.2 Å². The van der Waals surface area contributed by atoms with E-state index in [4.69, 9.17) is 11.0 Å². The smallest absolute Gasteiger partial charge is 0.101 e. The van der Waals surface area contributed by atoms with E-state index in [-0.39, 0.29) is 0 Å². The number of nitrogens with zero attached hydrogens (tertiary/aromatic N) is 1. The molecule has 1 saturated carbocycles. The van der Waals surface area contributed by atoms with Gasteiger partial charge in [0, 0.05) is 6.54 Å². The van der Waals surface area contributed by atoms with Gasteiger partial charge in [-0.15, -0.1) is 0 Å². The Labute approximate surface area is 103 Å². The number of nitrogen functional groups attached to an aromatic ring is 1. The fourth-order valence-corrected chi connectivity index (χ4v) is 2.53. The van der Waals surface area contributed by atoms with Crippen LogP contribution < -0.4 is 11.1 Å². The van der Waals surface area contributed by atoms with E-state index in [9.17, 15) is 0 Å². The van der Waals surface area contributed by atoms with Crippen molar-refractivity contribution in [2.75, 3.05) is 17.6 Å². The van der Waals surface area contributed by atoms with Crippen LogP contribution in [0.25, 0.3) is 0 Å². The number of nitriles is 1. The molecule has 0 radical (unpaired) electrons. The average molecular weight is 229 g/mol. The fourth-order valence-electron chi connectivity index (χ4n) is 2.53. The van der Waals surface area contributed by atoms with E-state index in [1.54, 1.807) is 6.07 Å². The third-order valence-electron chi connectivity index (χ3n) is 3.57. The number of benzene rings is 1. The first-order chi connectivity index (χ1) is 8.31. The quantitative estimate of drug-likeness (QED) is 0.780. The average Bonchev–Trinajstić information content (AvgIpc) is 2.84. The lowest BCUT2D eigenvalue weighted by molar-refractivity contribution is 0.519. The zero-order chi connectivity index (χ0) is 12.1. The molecule has 0 spiro atoms. The van der Waals surface area contributed by atoms with E-state index in [1.165, 1.54) is 32.1 Å². The maximum atomic E-state index is 8.88. The summed E-state index contributed by atoms with van der Waals surface area (Å²) < 4.78 is 0. The van der Waals surface area contributed by atoms with Crippen LogP contribution in [0.5, 0.6) is 0 Å². The number of hydrogen-bond donors (Lipinski definition) is 2. The summed E-state index contributed by atoms with van der Waals surface area (Å²) in [7, 11) is 0. The van der Waals surface area contributed by atoms with Crippen LogP contribution in [-0.4, -0.2) is 6.54 Å². The molecule has 3 heteroatoms. The van der Waals surface area contributed by atoms with Gasteiger partial charge in [0.1, 0.15) is 6.07 Å². The minimum atomic E-state index is 0.552. The van der Waals surface area contributed by atoms with Crippen LogP contribution in [0.4, 0.5) is 11.4 Å². The summed E-state index contributed by atoms with van der Waals surface area (Å²) in [6, 6.07) is 7.65. The Morgan fingerprint density at radius 2 is 2.12 bits per heavy atom. The molecular formula is C14H19N3. The van der Waals surface area contributed by atoms with Gasteiger partial charge in [0.05, 0.1) is 16.9 Å². The van der Waals surface area contributed by atoms with Gasteiger partial charge >= 0.3 is 0 Å². The highest BCUT2D eigenvalue weighted by molar-refractivity contribution is 5.72. The Bertz CT molecular complexity index is 414. The van der Waals surface area contributed by atoms with Gasteiger partial charge in [0.2, 0.25) is 0 Å². The molecule has 0 bridgehead atoms. The van der Waals surface area contributed by atoms with Crippen LogP contribution in [0.1, 0.15) is 37.7 Å². The molecule has 0 atom stereocenters. The summed E-state index contributed by atoms with van der Waals surface area (Å²) >= 11 is 0. The van der Waals surface area contributed by atoms with E-state index >= 15 is 0 Å². The Morgan fingerprint density at radius 1 is 1.35 bits per heavy atom. The monoisotopic (exact) mass is 229 g/mol. The lowest BCUT2D eigenvalue weighted by Gasteiger charge is -2.12. The number of para-hydroxylation sites is 1. The highest BCUT2D eigenvalue weighted by Crippen LogP contribution is 2.28. The molecule has 1 fully saturated rings. The normalized spacial score (nSPS) is 15.7. The van der Waals surface area contributed by atoms with Crippen molar-refractivity contribution in [1.29, 1.82) is 5.26 Å². The van der Waals surface area contributed by atoms with Crippen molar-refractivity contribution in [2.24, 2.45) is 5.92 Å².